The van der Waals surface area contributed by atoms with Gasteiger partial charge in [0, 0.05) is 29.6 Å². The first-order valence-electron chi connectivity index (χ1n) is 9.67. The van der Waals surface area contributed by atoms with E-state index in [-0.39, 0.29) is 11.8 Å². The van der Waals surface area contributed by atoms with E-state index in [1.165, 1.54) is 0 Å². The summed E-state index contributed by atoms with van der Waals surface area (Å²) in [6.45, 7) is -1.01. The molecular weight excluding hydrogens is 410 g/mol. The summed E-state index contributed by atoms with van der Waals surface area (Å²) in [5.74, 6) is 1.92. The maximum absolute atomic E-state index is 13.3. The van der Waals surface area contributed by atoms with Crippen molar-refractivity contribution in [2.45, 2.75) is 32.4 Å². The molecule has 8 heteroatoms. The summed E-state index contributed by atoms with van der Waals surface area (Å²) in [5, 5.41) is 0.607. The van der Waals surface area contributed by atoms with Gasteiger partial charge in [-0.25, -0.2) is 9.97 Å². The maximum atomic E-state index is 13.3. The van der Waals surface area contributed by atoms with Crippen molar-refractivity contribution in [1.29, 1.82) is 0 Å². The van der Waals surface area contributed by atoms with Crippen molar-refractivity contribution in [2.24, 2.45) is 7.05 Å². The standard InChI is InChI=1S/C22H19ClF2N4O/c1-12-26-11-18(28(12)2)14-4-3-5-19(30-22(24)25)21(14)16-8-9-20-27-15-7-6-13(23)10-17(15)29(16)20/h3-7,10-11,16,22H,8-9H2,1-2H3/t16-/m1/s1. The molecule has 1 atom stereocenters. The van der Waals surface area contributed by atoms with E-state index in [0.29, 0.717) is 10.6 Å². The summed E-state index contributed by atoms with van der Waals surface area (Å²) < 4.78 is 35.6. The monoisotopic (exact) mass is 428 g/mol. The molecule has 1 aliphatic rings. The van der Waals surface area contributed by atoms with Gasteiger partial charge in [-0.15, -0.1) is 0 Å². The first-order valence-corrected chi connectivity index (χ1v) is 10.0. The van der Waals surface area contributed by atoms with Crippen molar-refractivity contribution in [1.82, 2.24) is 19.1 Å². The summed E-state index contributed by atoms with van der Waals surface area (Å²) in [5.41, 5.74) is 4.10. The zero-order chi connectivity index (χ0) is 21.0. The Labute approximate surface area is 176 Å². The molecule has 2 aromatic carbocycles. The normalized spacial score (nSPS) is 15.9. The van der Waals surface area contributed by atoms with Crippen LogP contribution < -0.4 is 4.74 Å². The van der Waals surface area contributed by atoms with Crippen LogP contribution in [0.5, 0.6) is 5.75 Å². The molecule has 4 aromatic rings. The number of aromatic nitrogens is 4. The maximum Gasteiger partial charge on any atom is 0.387 e. The number of imidazole rings is 2. The molecule has 0 bridgehead atoms. The van der Waals surface area contributed by atoms with E-state index in [1.54, 1.807) is 24.4 Å². The molecular formula is C22H19ClF2N4O. The number of alkyl halides is 2. The highest BCUT2D eigenvalue weighted by molar-refractivity contribution is 6.31. The van der Waals surface area contributed by atoms with Gasteiger partial charge in [-0.3, -0.25) is 0 Å². The minimum Gasteiger partial charge on any atom is -0.434 e. The van der Waals surface area contributed by atoms with Gasteiger partial charge in [0.25, 0.3) is 0 Å². The lowest BCUT2D eigenvalue weighted by atomic mass is 9.95. The van der Waals surface area contributed by atoms with E-state index in [1.807, 2.05) is 36.7 Å². The molecule has 0 amide bonds. The number of hydrogen-bond donors (Lipinski definition) is 0. The third kappa shape index (κ3) is 2.96. The molecule has 3 heterocycles. The van der Waals surface area contributed by atoms with Crippen LogP contribution in [0.4, 0.5) is 8.78 Å². The van der Waals surface area contributed by atoms with Gasteiger partial charge in [0.1, 0.15) is 17.4 Å². The molecule has 1 aliphatic heterocycles. The molecule has 0 aliphatic carbocycles. The lowest BCUT2D eigenvalue weighted by molar-refractivity contribution is -0.0506. The summed E-state index contributed by atoms with van der Waals surface area (Å²) >= 11 is 6.25. The predicted molar refractivity (Wildman–Crippen MR) is 111 cm³/mol. The van der Waals surface area contributed by atoms with Crippen molar-refractivity contribution in [3.8, 4) is 17.0 Å². The quantitative estimate of drug-likeness (QED) is 0.429. The van der Waals surface area contributed by atoms with Crippen molar-refractivity contribution < 1.29 is 13.5 Å². The van der Waals surface area contributed by atoms with Crippen LogP contribution >= 0.6 is 11.6 Å². The van der Waals surface area contributed by atoms with E-state index in [4.69, 9.17) is 21.3 Å². The van der Waals surface area contributed by atoms with Crippen molar-refractivity contribution in [3.05, 3.63) is 64.8 Å². The van der Waals surface area contributed by atoms with Gasteiger partial charge >= 0.3 is 6.61 Å². The molecule has 0 spiro atoms. The van der Waals surface area contributed by atoms with Gasteiger partial charge in [0.15, 0.2) is 0 Å². The van der Waals surface area contributed by atoms with Crippen LogP contribution in [0.15, 0.2) is 42.6 Å². The largest absolute Gasteiger partial charge is 0.434 e. The van der Waals surface area contributed by atoms with Gasteiger partial charge in [-0.1, -0.05) is 23.7 Å². The molecule has 0 saturated carbocycles. The molecule has 30 heavy (non-hydrogen) atoms. The third-order valence-electron chi connectivity index (χ3n) is 5.79. The molecule has 0 N–H and O–H groups in total. The number of benzene rings is 2. The summed E-state index contributed by atoms with van der Waals surface area (Å²) in [7, 11) is 1.91. The number of aryl methyl sites for hydroxylation is 2. The lowest BCUT2D eigenvalue weighted by Crippen LogP contribution is -2.12. The lowest BCUT2D eigenvalue weighted by Gasteiger charge is -2.22. The molecule has 0 saturated heterocycles. The average Bonchev–Trinajstić information content (AvgIpc) is 3.36. The predicted octanol–water partition coefficient (Wildman–Crippen LogP) is 5.54. The van der Waals surface area contributed by atoms with Crippen LogP contribution in [0.25, 0.3) is 22.3 Å². The van der Waals surface area contributed by atoms with Crippen molar-refractivity contribution >= 4 is 22.6 Å². The fraction of sp³-hybridized carbons (Fsp3) is 0.273. The van der Waals surface area contributed by atoms with Crippen LogP contribution in [0.2, 0.25) is 5.02 Å². The molecule has 5 rings (SSSR count). The molecule has 0 radical (unpaired) electrons. The van der Waals surface area contributed by atoms with Gasteiger partial charge in [-0.05, 0) is 37.6 Å². The van der Waals surface area contributed by atoms with Gasteiger partial charge < -0.3 is 13.9 Å². The third-order valence-corrected chi connectivity index (χ3v) is 6.02. The number of halogens is 3. The highest BCUT2D eigenvalue weighted by Crippen LogP contribution is 2.44. The fourth-order valence-corrected chi connectivity index (χ4v) is 4.54. The van der Waals surface area contributed by atoms with Crippen molar-refractivity contribution in [3.63, 3.8) is 0 Å². The molecule has 5 nitrogen and oxygen atoms in total. The highest BCUT2D eigenvalue weighted by Gasteiger charge is 2.32. The van der Waals surface area contributed by atoms with Crippen LogP contribution in [-0.4, -0.2) is 25.7 Å². The topological polar surface area (TPSA) is 44.9 Å². The van der Waals surface area contributed by atoms with E-state index >= 15 is 0 Å². The molecule has 0 fully saturated rings. The second-order valence-electron chi connectivity index (χ2n) is 7.43. The zero-order valence-electron chi connectivity index (χ0n) is 16.4. The number of fused-ring (bicyclic) bond motifs is 3. The number of nitrogens with zero attached hydrogens (tertiary/aromatic N) is 4. The van der Waals surface area contributed by atoms with Gasteiger partial charge in [-0.2, -0.15) is 8.78 Å². The van der Waals surface area contributed by atoms with E-state index in [0.717, 1.165) is 46.8 Å². The Hall–Kier alpha value is -2.93. The van der Waals surface area contributed by atoms with E-state index in [9.17, 15) is 8.78 Å². The Morgan fingerprint density at radius 1 is 1.23 bits per heavy atom. The highest BCUT2D eigenvalue weighted by atomic mass is 35.5. The second-order valence-corrected chi connectivity index (χ2v) is 7.87. The average molecular weight is 429 g/mol. The van der Waals surface area contributed by atoms with Gasteiger partial charge in [0.2, 0.25) is 0 Å². The Kier molecular flexibility index (Phi) is 4.50. The molecule has 2 aromatic heterocycles. The second kappa shape index (κ2) is 7.09. The van der Waals surface area contributed by atoms with Crippen molar-refractivity contribution in [2.75, 3.05) is 0 Å². The number of ether oxygens (including phenoxy) is 1. The summed E-state index contributed by atoms with van der Waals surface area (Å²) in [4.78, 5) is 9.11. The first kappa shape index (κ1) is 19.1. The minimum absolute atomic E-state index is 0.170. The van der Waals surface area contributed by atoms with E-state index in [2.05, 4.69) is 9.55 Å². The van der Waals surface area contributed by atoms with E-state index < -0.39 is 6.61 Å². The molecule has 0 unspecified atom stereocenters. The smallest absolute Gasteiger partial charge is 0.387 e. The Bertz CT molecular complexity index is 1260. The van der Waals surface area contributed by atoms with Crippen LogP contribution in [-0.2, 0) is 13.5 Å². The van der Waals surface area contributed by atoms with Crippen LogP contribution in [0.3, 0.4) is 0 Å². The Balaban J connectivity index is 1.76. The minimum atomic E-state index is -2.91. The Morgan fingerprint density at radius 2 is 2.07 bits per heavy atom. The summed E-state index contributed by atoms with van der Waals surface area (Å²) in [6, 6.07) is 10.6. The Morgan fingerprint density at radius 3 is 2.80 bits per heavy atom. The van der Waals surface area contributed by atoms with Gasteiger partial charge in [0.05, 0.1) is 29.0 Å². The van der Waals surface area contributed by atoms with Crippen LogP contribution in [0.1, 0.15) is 29.7 Å². The first-order chi connectivity index (χ1) is 14.4. The number of rotatable bonds is 4. The van der Waals surface area contributed by atoms with Crippen LogP contribution in [0, 0.1) is 6.92 Å². The zero-order valence-corrected chi connectivity index (χ0v) is 17.2. The SMILES string of the molecule is Cc1ncc(-c2cccc(OC(F)F)c2[C@H]2CCc3nc4ccc(Cl)cc4n32)n1C. The number of hydrogen-bond acceptors (Lipinski definition) is 3. The fourth-order valence-electron chi connectivity index (χ4n) is 4.37. The molecule has 154 valence electrons. The summed E-state index contributed by atoms with van der Waals surface area (Å²) in [6.07, 6.45) is 3.24.